The van der Waals surface area contributed by atoms with E-state index in [0.717, 1.165) is 0 Å². The first-order chi connectivity index (χ1) is 16.7. The van der Waals surface area contributed by atoms with E-state index in [9.17, 15) is 14.4 Å². The van der Waals surface area contributed by atoms with Crippen LogP contribution in [0.3, 0.4) is 0 Å². The summed E-state index contributed by atoms with van der Waals surface area (Å²) in [6.45, 7) is 8.08. The van der Waals surface area contributed by atoms with Gasteiger partial charge in [0, 0.05) is 24.3 Å². The highest BCUT2D eigenvalue weighted by molar-refractivity contribution is 6.32. The van der Waals surface area contributed by atoms with Crippen LogP contribution in [0.25, 0.3) is 5.82 Å². The van der Waals surface area contributed by atoms with Crippen LogP contribution in [0.15, 0.2) is 36.5 Å². The molecule has 0 unspecified atom stereocenters. The lowest BCUT2D eigenvalue weighted by Crippen LogP contribution is -2.40. The molecule has 0 saturated carbocycles. The molecule has 0 fully saturated rings. The van der Waals surface area contributed by atoms with Crippen LogP contribution in [0.4, 0.5) is 5.69 Å². The zero-order valence-corrected chi connectivity index (χ0v) is 21.4. The van der Waals surface area contributed by atoms with E-state index in [1.165, 1.54) is 10.7 Å². The number of carbonyl (C=O) groups is 3. The lowest BCUT2D eigenvalue weighted by molar-refractivity contribution is -0.129. The summed E-state index contributed by atoms with van der Waals surface area (Å²) in [5.74, 6) is -0.970. The summed E-state index contributed by atoms with van der Waals surface area (Å²) in [6, 6.07) is 7.99. The summed E-state index contributed by atoms with van der Waals surface area (Å²) in [6.07, 6.45) is 1.55. The highest BCUT2D eigenvalue weighted by Gasteiger charge is 2.22. The predicted octanol–water partition coefficient (Wildman–Crippen LogP) is 4.04. The minimum absolute atomic E-state index is 0.134. The van der Waals surface area contributed by atoms with Gasteiger partial charge in [0.15, 0.2) is 5.82 Å². The summed E-state index contributed by atoms with van der Waals surface area (Å²) in [5.41, 5.74) is 1.74. The summed E-state index contributed by atoms with van der Waals surface area (Å²) in [4.78, 5) is 44.5. The molecule has 0 bridgehead atoms. The van der Waals surface area contributed by atoms with Gasteiger partial charge in [-0.2, -0.15) is 5.10 Å². The maximum absolute atomic E-state index is 13.3. The van der Waals surface area contributed by atoms with Gasteiger partial charge >= 0.3 is 0 Å². The van der Waals surface area contributed by atoms with Crippen molar-refractivity contribution in [2.45, 2.75) is 27.7 Å². The van der Waals surface area contributed by atoms with Crippen LogP contribution in [0.1, 0.15) is 46.0 Å². The predicted molar refractivity (Wildman–Crippen MR) is 136 cm³/mol. The first-order valence-electron chi connectivity index (χ1n) is 11.0. The Bertz CT molecular complexity index is 1270. The van der Waals surface area contributed by atoms with Gasteiger partial charge in [-0.05, 0) is 63.6 Å². The second kappa shape index (κ2) is 11.3. The number of pyridine rings is 1. The first kappa shape index (κ1) is 26.2. The number of hydrogen-bond donors (Lipinski definition) is 2. The van der Waals surface area contributed by atoms with Crippen molar-refractivity contribution < 1.29 is 14.4 Å². The molecule has 3 amide bonds. The van der Waals surface area contributed by atoms with Crippen LogP contribution in [0.2, 0.25) is 10.0 Å². The number of anilines is 1. The molecule has 35 heavy (non-hydrogen) atoms. The number of hydrogen-bond acceptors (Lipinski definition) is 5. The van der Waals surface area contributed by atoms with E-state index in [4.69, 9.17) is 23.2 Å². The van der Waals surface area contributed by atoms with E-state index in [1.807, 2.05) is 13.8 Å². The Balaban J connectivity index is 1.91. The number of aromatic nitrogens is 3. The minimum atomic E-state index is -0.538. The van der Waals surface area contributed by atoms with Crippen molar-refractivity contribution in [2.75, 3.05) is 25.0 Å². The zero-order chi connectivity index (χ0) is 25.7. The maximum Gasteiger partial charge on any atom is 0.274 e. The summed E-state index contributed by atoms with van der Waals surface area (Å²) >= 11 is 12.5. The molecule has 2 heterocycles. The van der Waals surface area contributed by atoms with Crippen molar-refractivity contribution in [3.05, 3.63) is 69.1 Å². The molecule has 0 radical (unpaired) electrons. The maximum atomic E-state index is 13.3. The topological polar surface area (TPSA) is 109 Å². The SMILES string of the molecule is CCN(CC)C(=O)CNC(=O)c1cc(Cl)cc(C)c1NC(=O)c1cc(C)nn1-c1ncccc1Cl. The Hall–Kier alpha value is -3.43. The van der Waals surface area contributed by atoms with Crippen LogP contribution in [0, 0.1) is 13.8 Å². The van der Waals surface area contributed by atoms with Crippen molar-refractivity contribution in [1.29, 1.82) is 0 Å². The number of carbonyl (C=O) groups excluding carboxylic acids is 3. The molecule has 184 valence electrons. The number of benzene rings is 1. The van der Waals surface area contributed by atoms with E-state index in [1.54, 1.807) is 49.2 Å². The van der Waals surface area contributed by atoms with E-state index in [0.29, 0.717) is 40.2 Å². The fourth-order valence-electron chi connectivity index (χ4n) is 3.56. The molecule has 0 saturated heterocycles. The lowest BCUT2D eigenvalue weighted by atomic mass is 10.1. The molecule has 0 aliphatic carbocycles. The van der Waals surface area contributed by atoms with Crippen molar-refractivity contribution in [2.24, 2.45) is 0 Å². The van der Waals surface area contributed by atoms with E-state index in [2.05, 4.69) is 20.7 Å². The van der Waals surface area contributed by atoms with Gasteiger partial charge in [0.1, 0.15) is 5.69 Å². The Kier molecular flexibility index (Phi) is 8.48. The Morgan fingerprint density at radius 2 is 1.77 bits per heavy atom. The van der Waals surface area contributed by atoms with Crippen LogP contribution < -0.4 is 10.6 Å². The van der Waals surface area contributed by atoms with Crippen LogP contribution in [0.5, 0.6) is 0 Å². The Morgan fingerprint density at radius 1 is 1.06 bits per heavy atom. The van der Waals surface area contributed by atoms with Crippen LogP contribution in [-0.4, -0.2) is 57.0 Å². The lowest BCUT2D eigenvalue weighted by Gasteiger charge is -2.19. The summed E-state index contributed by atoms with van der Waals surface area (Å²) < 4.78 is 1.35. The highest BCUT2D eigenvalue weighted by Crippen LogP contribution is 2.27. The van der Waals surface area contributed by atoms with Crippen LogP contribution in [-0.2, 0) is 4.79 Å². The second-order valence-corrected chi connectivity index (χ2v) is 8.58. The molecule has 2 N–H and O–H groups in total. The Morgan fingerprint density at radius 3 is 2.43 bits per heavy atom. The molecule has 2 aromatic heterocycles. The van der Waals surface area contributed by atoms with E-state index in [-0.39, 0.29) is 29.4 Å². The van der Waals surface area contributed by atoms with Gasteiger partial charge in [-0.3, -0.25) is 14.4 Å². The molecule has 0 aliphatic heterocycles. The van der Waals surface area contributed by atoms with Gasteiger partial charge in [0.25, 0.3) is 11.8 Å². The summed E-state index contributed by atoms with van der Waals surface area (Å²) in [5, 5.41) is 10.4. The van der Waals surface area contributed by atoms with Crippen molar-refractivity contribution in [3.8, 4) is 5.82 Å². The molecule has 3 aromatic rings. The number of aryl methyl sites for hydroxylation is 2. The normalized spacial score (nSPS) is 10.7. The third-order valence-electron chi connectivity index (χ3n) is 5.30. The molecule has 0 atom stereocenters. The number of halogens is 2. The third-order valence-corrected chi connectivity index (χ3v) is 5.82. The molecule has 0 spiro atoms. The van der Waals surface area contributed by atoms with Gasteiger partial charge in [-0.25, -0.2) is 9.67 Å². The van der Waals surface area contributed by atoms with Crippen LogP contribution >= 0.6 is 23.2 Å². The fourth-order valence-corrected chi connectivity index (χ4v) is 4.04. The number of nitrogens with zero attached hydrogens (tertiary/aromatic N) is 4. The smallest absolute Gasteiger partial charge is 0.274 e. The van der Waals surface area contributed by atoms with Gasteiger partial charge in [-0.1, -0.05) is 23.2 Å². The highest BCUT2D eigenvalue weighted by atomic mass is 35.5. The number of amides is 3. The Labute approximate surface area is 213 Å². The average Bonchev–Trinajstić information content (AvgIpc) is 3.21. The van der Waals surface area contributed by atoms with Gasteiger partial charge < -0.3 is 15.5 Å². The largest absolute Gasteiger partial charge is 0.343 e. The van der Waals surface area contributed by atoms with Crippen molar-refractivity contribution in [3.63, 3.8) is 0 Å². The van der Waals surface area contributed by atoms with Crippen molar-refractivity contribution >= 4 is 46.6 Å². The summed E-state index contributed by atoms with van der Waals surface area (Å²) in [7, 11) is 0. The number of likely N-dealkylation sites (N-methyl/N-ethyl adjacent to an activating group) is 1. The molecule has 1 aromatic carbocycles. The van der Waals surface area contributed by atoms with Crippen molar-refractivity contribution in [1.82, 2.24) is 25.0 Å². The third kappa shape index (κ3) is 5.98. The standard InChI is InChI=1S/C24H26Cl2N6O3/c1-5-31(6-2)20(33)13-28-23(34)17-12-16(25)10-14(3)21(17)29-24(35)19-11-15(4)30-32(19)22-18(26)8-7-9-27-22/h7-12H,5-6,13H2,1-4H3,(H,28,34)(H,29,35). The fraction of sp³-hybridized carbons (Fsp3) is 0.292. The molecule has 3 rings (SSSR count). The second-order valence-electron chi connectivity index (χ2n) is 7.74. The van der Waals surface area contributed by atoms with Gasteiger partial charge in [-0.15, -0.1) is 0 Å². The average molecular weight is 517 g/mol. The molecular weight excluding hydrogens is 491 g/mol. The quantitative estimate of drug-likeness (QED) is 0.469. The first-order valence-corrected chi connectivity index (χ1v) is 11.8. The monoisotopic (exact) mass is 516 g/mol. The van der Waals surface area contributed by atoms with E-state index < -0.39 is 11.8 Å². The number of rotatable bonds is 8. The van der Waals surface area contributed by atoms with E-state index >= 15 is 0 Å². The molecule has 0 aliphatic rings. The van der Waals surface area contributed by atoms with Gasteiger partial charge in [0.2, 0.25) is 5.91 Å². The number of nitrogens with one attached hydrogen (secondary N) is 2. The molecular formula is C24H26Cl2N6O3. The minimum Gasteiger partial charge on any atom is -0.343 e. The molecule has 11 heteroatoms. The van der Waals surface area contributed by atoms with Gasteiger partial charge in [0.05, 0.1) is 28.5 Å². The zero-order valence-electron chi connectivity index (χ0n) is 19.9. The molecule has 9 nitrogen and oxygen atoms in total.